The van der Waals surface area contributed by atoms with Crippen molar-refractivity contribution >= 4 is 5.69 Å². The quantitative estimate of drug-likeness (QED) is 0.631. The van der Waals surface area contributed by atoms with Crippen LogP contribution in [0.5, 0.6) is 5.75 Å². The van der Waals surface area contributed by atoms with E-state index >= 15 is 0 Å². The summed E-state index contributed by atoms with van der Waals surface area (Å²) in [6, 6.07) is 14.4. The van der Waals surface area contributed by atoms with Gasteiger partial charge in [0, 0.05) is 13.1 Å². The van der Waals surface area contributed by atoms with Gasteiger partial charge in [0.05, 0.1) is 11.8 Å². The van der Waals surface area contributed by atoms with Gasteiger partial charge >= 0.3 is 0 Å². The van der Waals surface area contributed by atoms with Crippen LogP contribution >= 0.6 is 0 Å². The third-order valence-corrected chi connectivity index (χ3v) is 2.89. The number of anilines is 1. The monoisotopic (exact) mass is 313 g/mol. The normalized spacial score (nSPS) is 10.6. The first kappa shape index (κ1) is 18.2. The third-order valence-electron chi connectivity index (χ3n) is 2.89. The van der Waals surface area contributed by atoms with Gasteiger partial charge in [-0.1, -0.05) is 25.1 Å². The Morgan fingerprint density at radius 2 is 1.91 bits per heavy atom. The lowest BCUT2D eigenvalue weighted by molar-refractivity contribution is 0.422. The maximum atomic E-state index is 13.6. The molecule has 1 N–H and O–H groups in total. The first-order valence-electron chi connectivity index (χ1n) is 7.23. The minimum atomic E-state index is -0.550. The van der Waals surface area contributed by atoms with Crippen molar-refractivity contribution in [2.45, 2.75) is 27.2 Å². The zero-order chi connectivity index (χ0) is 17.1. The molecule has 0 aliphatic carbocycles. The number of benzene rings is 1. The van der Waals surface area contributed by atoms with Crippen molar-refractivity contribution in [1.29, 1.82) is 5.26 Å². The van der Waals surface area contributed by atoms with Crippen molar-refractivity contribution < 1.29 is 9.13 Å². The number of nitrogens with one attached hydrogen (secondary N) is 1. The number of nitriles is 1. The van der Waals surface area contributed by atoms with Crippen LogP contribution in [0.3, 0.4) is 0 Å². The van der Waals surface area contributed by atoms with E-state index in [1.807, 2.05) is 44.2 Å². The largest absolute Gasteiger partial charge is 0.441 e. The van der Waals surface area contributed by atoms with Gasteiger partial charge in [0.25, 0.3) is 0 Å². The maximum Gasteiger partial charge on any atom is 0.236 e. The van der Waals surface area contributed by atoms with Crippen molar-refractivity contribution in [3.8, 4) is 11.8 Å². The Labute approximate surface area is 136 Å². The molecular formula is C18H20FN3O. The number of hydrogen-bond acceptors (Lipinski definition) is 4. The van der Waals surface area contributed by atoms with E-state index in [1.54, 1.807) is 18.2 Å². The fraction of sp³-hybridized carbons (Fsp3) is 0.222. The van der Waals surface area contributed by atoms with E-state index in [0.29, 0.717) is 17.3 Å². The number of nitrogens with zero attached hydrogens (tertiary/aromatic N) is 2. The van der Waals surface area contributed by atoms with Crippen molar-refractivity contribution in [2.24, 2.45) is 0 Å². The molecule has 0 atom stereocenters. The Morgan fingerprint density at radius 1 is 1.26 bits per heavy atom. The van der Waals surface area contributed by atoms with Gasteiger partial charge < -0.3 is 10.1 Å². The molecule has 5 heteroatoms. The number of aromatic nitrogens is 1. The van der Waals surface area contributed by atoms with Gasteiger partial charge in [0.2, 0.25) is 5.95 Å². The molecular weight excluding hydrogens is 293 g/mol. The number of ether oxygens (including phenoxy) is 1. The molecule has 0 bridgehead atoms. The molecule has 2 rings (SSSR count). The first-order valence-corrected chi connectivity index (χ1v) is 7.23. The predicted molar refractivity (Wildman–Crippen MR) is 89.2 cm³/mol. The van der Waals surface area contributed by atoms with E-state index in [-0.39, 0.29) is 0 Å². The van der Waals surface area contributed by atoms with Crippen LogP contribution < -0.4 is 10.1 Å². The molecule has 0 unspecified atom stereocenters. The molecule has 0 saturated heterocycles. The second-order valence-corrected chi connectivity index (χ2v) is 4.57. The van der Waals surface area contributed by atoms with Crippen LogP contribution in [0.2, 0.25) is 0 Å². The SMILES string of the molecule is CC#N.CC/C(C)=C(\Nc1cccnc1F)Oc1ccccc1. The highest BCUT2D eigenvalue weighted by Crippen LogP contribution is 2.20. The number of para-hydroxylation sites is 1. The number of allylic oxidation sites excluding steroid dienone is 1. The van der Waals surface area contributed by atoms with E-state index < -0.39 is 5.95 Å². The summed E-state index contributed by atoms with van der Waals surface area (Å²) in [6.45, 7) is 5.39. The Kier molecular flexibility index (Phi) is 7.87. The average Bonchev–Trinajstić information content (AvgIpc) is 2.57. The molecule has 1 heterocycles. The second-order valence-electron chi connectivity index (χ2n) is 4.57. The highest BCUT2D eigenvalue weighted by atomic mass is 19.1. The fourth-order valence-electron chi connectivity index (χ4n) is 1.59. The summed E-state index contributed by atoms with van der Waals surface area (Å²) in [5.74, 6) is 0.684. The van der Waals surface area contributed by atoms with Crippen LogP contribution in [-0.4, -0.2) is 4.98 Å². The van der Waals surface area contributed by atoms with Crippen LogP contribution in [0.1, 0.15) is 27.2 Å². The summed E-state index contributed by atoms with van der Waals surface area (Å²) in [6.07, 6.45) is 2.21. The minimum Gasteiger partial charge on any atom is -0.441 e. The lowest BCUT2D eigenvalue weighted by Crippen LogP contribution is -2.11. The molecule has 0 amide bonds. The standard InChI is InChI=1S/C16H17FN2O.C2H3N/c1-3-12(2)16(20-13-8-5-4-6-9-13)19-14-10-7-11-18-15(14)17;1-2-3/h4-11,19H,3H2,1-2H3;1H3/b16-12+;. The topological polar surface area (TPSA) is 57.9 Å². The van der Waals surface area contributed by atoms with Crippen molar-refractivity contribution in [2.75, 3.05) is 5.32 Å². The van der Waals surface area contributed by atoms with E-state index in [2.05, 4.69) is 10.3 Å². The van der Waals surface area contributed by atoms with Gasteiger partial charge in [-0.25, -0.2) is 4.98 Å². The van der Waals surface area contributed by atoms with Gasteiger partial charge in [0.1, 0.15) is 5.75 Å². The lowest BCUT2D eigenvalue weighted by Gasteiger charge is -2.15. The van der Waals surface area contributed by atoms with E-state index in [0.717, 1.165) is 12.0 Å². The third kappa shape index (κ3) is 6.18. The molecule has 23 heavy (non-hydrogen) atoms. The summed E-state index contributed by atoms with van der Waals surface area (Å²) in [5, 5.41) is 10.3. The van der Waals surface area contributed by atoms with Crippen LogP contribution in [-0.2, 0) is 0 Å². The van der Waals surface area contributed by atoms with Gasteiger partial charge in [-0.2, -0.15) is 9.65 Å². The van der Waals surface area contributed by atoms with E-state index in [9.17, 15) is 4.39 Å². The Hall–Kier alpha value is -2.87. The van der Waals surface area contributed by atoms with Crippen LogP contribution in [0.25, 0.3) is 0 Å². The van der Waals surface area contributed by atoms with Crippen molar-refractivity contribution in [3.05, 3.63) is 66.1 Å². The minimum absolute atomic E-state index is 0.297. The molecule has 0 saturated carbocycles. The Morgan fingerprint density at radius 3 is 2.48 bits per heavy atom. The van der Waals surface area contributed by atoms with Crippen LogP contribution in [0.15, 0.2) is 60.1 Å². The number of hydrogen-bond donors (Lipinski definition) is 1. The summed E-state index contributed by atoms with van der Waals surface area (Å²) >= 11 is 0. The number of halogens is 1. The maximum absolute atomic E-state index is 13.6. The van der Waals surface area contributed by atoms with Gasteiger partial charge in [-0.3, -0.25) is 0 Å². The van der Waals surface area contributed by atoms with Gasteiger partial charge in [-0.15, -0.1) is 0 Å². The predicted octanol–water partition coefficient (Wildman–Crippen LogP) is 4.88. The summed E-state index contributed by atoms with van der Waals surface area (Å²) in [5.41, 5.74) is 1.29. The molecule has 0 fully saturated rings. The van der Waals surface area contributed by atoms with Crippen molar-refractivity contribution in [1.82, 2.24) is 4.98 Å². The highest BCUT2D eigenvalue weighted by Gasteiger charge is 2.09. The number of pyridine rings is 1. The molecule has 0 spiro atoms. The Balaban J connectivity index is 0.000000816. The highest BCUT2D eigenvalue weighted by molar-refractivity contribution is 5.47. The zero-order valence-electron chi connectivity index (χ0n) is 13.5. The lowest BCUT2D eigenvalue weighted by atomic mass is 10.2. The first-order chi connectivity index (χ1) is 11.1. The van der Waals surface area contributed by atoms with Crippen molar-refractivity contribution in [3.63, 3.8) is 0 Å². The summed E-state index contributed by atoms with van der Waals surface area (Å²) < 4.78 is 19.4. The molecule has 1 aromatic carbocycles. The zero-order valence-corrected chi connectivity index (χ0v) is 13.5. The second kappa shape index (κ2) is 9.96. The van der Waals surface area contributed by atoms with Crippen LogP contribution in [0, 0.1) is 17.3 Å². The smallest absolute Gasteiger partial charge is 0.236 e. The molecule has 0 radical (unpaired) electrons. The molecule has 120 valence electrons. The molecule has 4 nitrogen and oxygen atoms in total. The molecule has 0 aliphatic rings. The molecule has 1 aromatic heterocycles. The molecule has 0 aliphatic heterocycles. The fourth-order valence-corrected chi connectivity index (χ4v) is 1.59. The summed E-state index contributed by atoms with van der Waals surface area (Å²) in [7, 11) is 0. The van der Waals surface area contributed by atoms with E-state index in [4.69, 9.17) is 10.00 Å². The Bertz CT molecular complexity index is 678. The summed E-state index contributed by atoms with van der Waals surface area (Å²) in [4.78, 5) is 3.62. The van der Waals surface area contributed by atoms with Gasteiger partial charge in [0.15, 0.2) is 5.88 Å². The number of rotatable bonds is 5. The van der Waals surface area contributed by atoms with E-state index in [1.165, 1.54) is 13.1 Å². The van der Waals surface area contributed by atoms with Gasteiger partial charge in [-0.05, 0) is 43.2 Å². The van der Waals surface area contributed by atoms with Crippen LogP contribution in [0.4, 0.5) is 10.1 Å². The average molecular weight is 313 g/mol. The molecule has 2 aromatic rings.